The lowest BCUT2D eigenvalue weighted by atomic mass is 10.2. The molecule has 0 bridgehead atoms. The van der Waals surface area contributed by atoms with Crippen molar-refractivity contribution < 1.29 is 4.79 Å². The molecule has 0 radical (unpaired) electrons. The van der Waals surface area contributed by atoms with Crippen LogP contribution in [0.25, 0.3) is 0 Å². The Labute approximate surface area is 140 Å². The van der Waals surface area contributed by atoms with E-state index in [-0.39, 0.29) is 6.03 Å². The predicted molar refractivity (Wildman–Crippen MR) is 92.0 cm³/mol. The highest BCUT2D eigenvalue weighted by Gasteiger charge is 2.16. The molecule has 0 aliphatic carbocycles. The van der Waals surface area contributed by atoms with Gasteiger partial charge < -0.3 is 5.32 Å². The minimum Gasteiger partial charge on any atom is -0.337 e. The van der Waals surface area contributed by atoms with E-state index in [1.54, 1.807) is 17.5 Å². The lowest BCUT2D eigenvalue weighted by Gasteiger charge is -2.17. The first-order chi connectivity index (χ1) is 11.0. The van der Waals surface area contributed by atoms with Gasteiger partial charge in [0.2, 0.25) is 0 Å². The number of nitrogens with zero attached hydrogens (tertiary/aromatic N) is 4. The number of carbonyl (C=O) groups excluding carboxylic acids is 1. The van der Waals surface area contributed by atoms with Gasteiger partial charge >= 0.3 is 6.03 Å². The molecule has 0 atom stereocenters. The summed E-state index contributed by atoms with van der Waals surface area (Å²) < 4.78 is 1.91. The van der Waals surface area contributed by atoms with Gasteiger partial charge in [0.15, 0.2) is 0 Å². The highest BCUT2D eigenvalue weighted by atomic mass is 32.1. The number of aromatic nitrogens is 4. The molecule has 0 fully saturated rings. The molecular formula is C15H24N6OS. The summed E-state index contributed by atoms with van der Waals surface area (Å²) in [5.41, 5.74) is 0.965. The Morgan fingerprint density at radius 3 is 2.65 bits per heavy atom. The van der Waals surface area contributed by atoms with Gasteiger partial charge in [-0.1, -0.05) is 13.8 Å². The number of carbonyl (C=O) groups is 1. The highest BCUT2D eigenvalue weighted by molar-refractivity contribution is 7.11. The van der Waals surface area contributed by atoms with Crippen LogP contribution in [0.1, 0.15) is 48.3 Å². The van der Waals surface area contributed by atoms with Gasteiger partial charge in [-0.25, -0.2) is 9.48 Å². The van der Waals surface area contributed by atoms with Crippen LogP contribution < -0.4 is 10.6 Å². The van der Waals surface area contributed by atoms with E-state index in [1.165, 1.54) is 0 Å². The van der Waals surface area contributed by atoms with Crippen LogP contribution in [0.4, 0.5) is 10.6 Å². The Kier molecular flexibility index (Phi) is 6.09. The average molecular weight is 336 g/mol. The van der Waals surface area contributed by atoms with Gasteiger partial charge in [0.05, 0.1) is 12.2 Å². The molecular weight excluding hydrogens is 312 g/mol. The number of hydrogen-bond donors (Lipinski definition) is 2. The second-order valence-corrected chi connectivity index (χ2v) is 6.70. The van der Waals surface area contributed by atoms with Gasteiger partial charge in [-0.2, -0.15) is 5.10 Å². The van der Waals surface area contributed by atoms with Crippen LogP contribution in [0, 0.1) is 13.8 Å². The number of hydrogen-bond acceptors (Lipinski definition) is 5. The van der Waals surface area contributed by atoms with E-state index < -0.39 is 0 Å². The maximum absolute atomic E-state index is 12.1. The lowest BCUT2D eigenvalue weighted by molar-refractivity contribution is 0.252. The Hall–Kier alpha value is -1.96. The minimum absolute atomic E-state index is 0.220. The molecule has 8 heteroatoms. The Bertz CT molecular complexity index is 646. The Morgan fingerprint density at radius 2 is 2.04 bits per heavy atom. The number of amides is 2. The standard InChI is InChI=1S/C15H24N6OS/c1-5-12(6-2)21-14(10(3)9-17-21)18-15(22)16-8-7-13-20-19-11(4)23-13/h9,12H,5-8H2,1-4H3,(H2,16,18,22). The van der Waals surface area contributed by atoms with E-state index in [0.717, 1.165) is 34.2 Å². The van der Waals surface area contributed by atoms with E-state index in [0.29, 0.717) is 19.0 Å². The van der Waals surface area contributed by atoms with Crippen molar-refractivity contribution in [1.29, 1.82) is 0 Å². The molecule has 2 rings (SSSR count). The smallest absolute Gasteiger partial charge is 0.320 e. The van der Waals surface area contributed by atoms with Crippen LogP contribution in [0.2, 0.25) is 0 Å². The summed E-state index contributed by atoms with van der Waals surface area (Å²) in [5.74, 6) is 0.767. The molecule has 2 heterocycles. The van der Waals surface area contributed by atoms with Crippen LogP contribution in [-0.2, 0) is 6.42 Å². The van der Waals surface area contributed by atoms with Crippen LogP contribution in [0.15, 0.2) is 6.20 Å². The zero-order chi connectivity index (χ0) is 16.8. The second-order valence-electron chi connectivity index (χ2n) is 5.44. The van der Waals surface area contributed by atoms with Gasteiger partial charge in [0.1, 0.15) is 15.8 Å². The summed E-state index contributed by atoms with van der Waals surface area (Å²) in [4.78, 5) is 12.1. The zero-order valence-corrected chi connectivity index (χ0v) is 14.9. The van der Waals surface area contributed by atoms with E-state index in [9.17, 15) is 4.79 Å². The topological polar surface area (TPSA) is 84.7 Å². The number of anilines is 1. The molecule has 2 aromatic heterocycles. The van der Waals surface area contributed by atoms with Crippen molar-refractivity contribution in [3.63, 3.8) is 0 Å². The fraction of sp³-hybridized carbons (Fsp3) is 0.600. The largest absolute Gasteiger partial charge is 0.337 e. The molecule has 7 nitrogen and oxygen atoms in total. The summed E-state index contributed by atoms with van der Waals surface area (Å²) in [6.07, 6.45) is 4.43. The van der Waals surface area contributed by atoms with Crippen molar-refractivity contribution in [1.82, 2.24) is 25.3 Å². The average Bonchev–Trinajstić information content (AvgIpc) is 3.09. The number of rotatable bonds is 7. The van der Waals surface area contributed by atoms with E-state index in [2.05, 4.69) is 39.8 Å². The third-order valence-corrected chi connectivity index (χ3v) is 4.59. The number of urea groups is 1. The molecule has 0 aromatic carbocycles. The zero-order valence-electron chi connectivity index (χ0n) is 14.1. The monoisotopic (exact) mass is 336 g/mol. The van der Waals surface area contributed by atoms with Crippen molar-refractivity contribution in [2.24, 2.45) is 0 Å². The van der Waals surface area contributed by atoms with Crippen LogP contribution >= 0.6 is 11.3 Å². The molecule has 0 saturated heterocycles. The van der Waals surface area contributed by atoms with Crippen LogP contribution in [0.5, 0.6) is 0 Å². The molecule has 126 valence electrons. The minimum atomic E-state index is -0.220. The molecule has 0 unspecified atom stereocenters. The molecule has 2 N–H and O–H groups in total. The quantitative estimate of drug-likeness (QED) is 0.814. The number of nitrogens with one attached hydrogen (secondary N) is 2. The fourth-order valence-corrected chi connectivity index (χ4v) is 3.10. The fourth-order valence-electron chi connectivity index (χ4n) is 2.39. The second kappa shape index (κ2) is 8.05. The summed E-state index contributed by atoms with van der Waals surface area (Å²) in [5, 5.41) is 20.1. The van der Waals surface area contributed by atoms with Crippen LogP contribution in [0.3, 0.4) is 0 Å². The van der Waals surface area contributed by atoms with Crippen molar-refractivity contribution in [3.05, 3.63) is 21.8 Å². The van der Waals surface area contributed by atoms with E-state index in [1.807, 2.05) is 18.5 Å². The van der Waals surface area contributed by atoms with E-state index in [4.69, 9.17) is 0 Å². The molecule has 23 heavy (non-hydrogen) atoms. The van der Waals surface area contributed by atoms with Crippen molar-refractivity contribution in [2.45, 2.75) is 53.0 Å². The summed E-state index contributed by atoms with van der Waals surface area (Å²) in [6.45, 7) is 8.64. The molecule has 2 amide bonds. The molecule has 2 aromatic rings. The maximum Gasteiger partial charge on any atom is 0.320 e. The maximum atomic E-state index is 12.1. The van der Waals surface area contributed by atoms with Crippen LogP contribution in [-0.4, -0.2) is 32.6 Å². The Balaban J connectivity index is 1.91. The first kappa shape index (κ1) is 17.4. The normalized spacial score (nSPS) is 11.0. The van der Waals surface area contributed by atoms with Crippen molar-refractivity contribution in [3.8, 4) is 0 Å². The van der Waals surface area contributed by atoms with Gasteiger partial charge in [0, 0.05) is 18.5 Å². The molecule has 0 spiro atoms. The third kappa shape index (κ3) is 4.51. The van der Waals surface area contributed by atoms with Gasteiger partial charge in [0.25, 0.3) is 0 Å². The van der Waals surface area contributed by atoms with Crippen molar-refractivity contribution >= 4 is 23.2 Å². The summed E-state index contributed by atoms with van der Waals surface area (Å²) in [7, 11) is 0. The SMILES string of the molecule is CCC(CC)n1ncc(C)c1NC(=O)NCCc1nnc(C)s1. The van der Waals surface area contributed by atoms with E-state index >= 15 is 0 Å². The molecule has 0 aliphatic heterocycles. The number of aryl methyl sites for hydroxylation is 2. The first-order valence-electron chi connectivity index (χ1n) is 7.93. The Morgan fingerprint density at radius 1 is 1.30 bits per heavy atom. The van der Waals surface area contributed by atoms with Gasteiger partial charge in [-0.3, -0.25) is 5.32 Å². The lowest BCUT2D eigenvalue weighted by Crippen LogP contribution is -2.32. The first-order valence-corrected chi connectivity index (χ1v) is 8.74. The summed E-state index contributed by atoms with van der Waals surface area (Å²) in [6, 6.07) is 0.0745. The third-order valence-electron chi connectivity index (χ3n) is 3.69. The van der Waals surface area contributed by atoms with Gasteiger partial charge in [-0.05, 0) is 26.7 Å². The predicted octanol–water partition coefficient (Wildman–Crippen LogP) is 3.08. The summed E-state index contributed by atoms with van der Waals surface area (Å²) >= 11 is 1.55. The molecule has 0 aliphatic rings. The molecule has 0 saturated carbocycles. The highest BCUT2D eigenvalue weighted by Crippen LogP contribution is 2.23. The van der Waals surface area contributed by atoms with Gasteiger partial charge in [-0.15, -0.1) is 21.5 Å². The van der Waals surface area contributed by atoms with Crippen molar-refractivity contribution in [2.75, 3.05) is 11.9 Å².